The van der Waals surface area contributed by atoms with Crippen LogP contribution in [0.2, 0.25) is 0 Å². The second-order valence-corrected chi connectivity index (χ2v) is 5.15. The van der Waals surface area contributed by atoms with Crippen LogP contribution in [0.15, 0.2) is 38.6 Å². The Morgan fingerprint density at radius 3 is 2.86 bits per heavy atom. The molecule has 1 aromatic carbocycles. The maximum atomic E-state index is 13.3. The number of halogens is 2. The molecule has 0 bridgehead atoms. The zero-order valence-corrected chi connectivity index (χ0v) is 12.1. The Kier molecular flexibility index (Phi) is 3.45. The van der Waals surface area contributed by atoms with Gasteiger partial charge in [-0.2, -0.15) is 0 Å². The van der Waals surface area contributed by atoms with Crippen LogP contribution < -0.4 is 0 Å². The van der Waals surface area contributed by atoms with Crippen molar-refractivity contribution < 1.29 is 23.5 Å². The molecule has 8 nitrogen and oxygen atoms in total. The molecule has 112 valence electrons. The zero-order chi connectivity index (χ0) is 15.9. The Bertz CT molecular complexity index is 819. The molecular weight excluding hydrogens is 365 g/mol. The lowest BCUT2D eigenvalue weighted by Gasteiger charge is -2.08. The van der Waals surface area contributed by atoms with Gasteiger partial charge < -0.3 is 9.36 Å². The van der Waals surface area contributed by atoms with Crippen LogP contribution >= 0.6 is 15.9 Å². The lowest BCUT2D eigenvalue weighted by molar-refractivity contribution is -0.385. The second-order valence-electron chi connectivity index (χ2n) is 4.30. The molecule has 0 radical (unpaired) electrons. The molecule has 0 aliphatic carbocycles. The van der Waals surface area contributed by atoms with E-state index in [9.17, 15) is 19.3 Å². The van der Waals surface area contributed by atoms with Crippen LogP contribution in [0.4, 0.5) is 10.1 Å². The Hall–Kier alpha value is -2.62. The van der Waals surface area contributed by atoms with Crippen molar-refractivity contribution in [1.82, 2.24) is 5.16 Å². The summed E-state index contributed by atoms with van der Waals surface area (Å²) in [6.07, 6.45) is 0.832. The normalized spacial score (nSPS) is 17.3. The Morgan fingerprint density at radius 2 is 2.18 bits per heavy atom. The van der Waals surface area contributed by atoms with E-state index in [2.05, 4.69) is 35.6 Å². The molecule has 10 heteroatoms. The summed E-state index contributed by atoms with van der Waals surface area (Å²) >= 11 is 3.01. The van der Waals surface area contributed by atoms with Gasteiger partial charge in [0.1, 0.15) is 17.4 Å². The van der Waals surface area contributed by atoms with E-state index in [1.54, 1.807) is 0 Å². The lowest BCUT2D eigenvalue weighted by Crippen LogP contribution is -2.18. The molecule has 0 N–H and O–H groups in total. The van der Waals surface area contributed by atoms with Gasteiger partial charge in [-0.1, -0.05) is 16.4 Å². The first-order chi connectivity index (χ1) is 10.5. The van der Waals surface area contributed by atoms with E-state index >= 15 is 0 Å². The molecule has 2 aromatic rings. The number of nitrogens with zero attached hydrogens (tertiary/aromatic N) is 3. The third kappa shape index (κ3) is 2.26. The van der Waals surface area contributed by atoms with Crippen molar-refractivity contribution in [2.75, 3.05) is 0 Å². The van der Waals surface area contributed by atoms with Gasteiger partial charge in [-0.15, -0.1) is 0 Å². The molecule has 0 saturated carbocycles. The zero-order valence-electron chi connectivity index (χ0n) is 10.5. The number of hydrogen-bond donors (Lipinski definition) is 0. The Balaban J connectivity index is 2.07. The van der Waals surface area contributed by atoms with Crippen LogP contribution in [-0.4, -0.2) is 21.8 Å². The van der Waals surface area contributed by atoms with E-state index in [0.29, 0.717) is 5.56 Å². The number of hydrogen-bond acceptors (Lipinski definition) is 7. The SMILES string of the molecule is O=C1ON=C(c2nocc2[N+](=O)[O-])C1c1ccc(F)c(Br)c1. The lowest BCUT2D eigenvalue weighted by atomic mass is 9.92. The van der Waals surface area contributed by atoms with Crippen LogP contribution in [0.3, 0.4) is 0 Å². The average Bonchev–Trinajstić information content (AvgIpc) is 3.08. The van der Waals surface area contributed by atoms with Crippen LogP contribution in [-0.2, 0) is 9.63 Å². The average molecular weight is 370 g/mol. The van der Waals surface area contributed by atoms with Crippen LogP contribution in [0.5, 0.6) is 0 Å². The minimum Gasteiger partial charge on any atom is -0.357 e. The van der Waals surface area contributed by atoms with Crippen LogP contribution in [0.1, 0.15) is 17.2 Å². The number of benzene rings is 1. The predicted octanol–water partition coefficient (Wildman–Crippen LogP) is 2.53. The van der Waals surface area contributed by atoms with Gasteiger partial charge in [-0.3, -0.25) is 10.1 Å². The van der Waals surface area contributed by atoms with Gasteiger partial charge in [0, 0.05) is 0 Å². The van der Waals surface area contributed by atoms with Gasteiger partial charge in [-0.25, -0.2) is 9.18 Å². The van der Waals surface area contributed by atoms with Crippen molar-refractivity contribution in [3.05, 3.63) is 56.1 Å². The largest absolute Gasteiger partial charge is 0.357 e. The van der Waals surface area contributed by atoms with Gasteiger partial charge in [-0.05, 0) is 33.6 Å². The summed E-state index contributed by atoms with van der Waals surface area (Å²) < 4.78 is 18.0. The molecule has 1 aromatic heterocycles. The van der Waals surface area contributed by atoms with E-state index in [-0.39, 0.29) is 15.9 Å². The van der Waals surface area contributed by atoms with Crippen molar-refractivity contribution in [2.24, 2.45) is 5.16 Å². The Labute approximate surface area is 129 Å². The highest BCUT2D eigenvalue weighted by Crippen LogP contribution is 2.33. The molecule has 1 aliphatic heterocycles. The van der Waals surface area contributed by atoms with Gasteiger partial charge in [0.15, 0.2) is 0 Å². The predicted molar refractivity (Wildman–Crippen MR) is 72.6 cm³/mol. The molecule has 0 spiro atoms. The van der Waals surface area contributed by atoms with E-state index in [4.69, 9.17) is 0 Å². The van der Waals surface area contributed by atoms with Gasteiger partial charge in [0.05, 0.1) is 9.40 Å². The van der Waals surface area contributed by atoms with E-state index in [0.717, 1.165) is 12.3 Å². The molecule has 3 rings (SSSR count). The quantitative estimate of drug-likeness (QED) is 0.467. The van der Waals surface area contributed by atoms with E-state index in [1.165, 1.54) is 12.1 Å². The fourth-order valence-corrected chi connectivity index (χ4v) is 2.41. The van der Waals surface area contributed by atoms with Gasteiger partial charge >= 0.3 is 11.7 Å². The minimum atomic E-state index is -1.05. The Morgan fingerprint density at radius 1 is 1.41 bits per heavy atom. The molecule has 1 unspecified atom stereocenters. The topological polar surface area (TPSA) is 108 Å². The highest BCUT2D eigenvalue weighted by atomic mass is 79.9. The maximum Gasteiger partial charge on any atom is 0.348 e. The smallest absolute Gasteiger partial charge is 0.348 e. The highest BCUT2D eigenvalue weighted by molar-refractivity contribution is 9.10. The molecule has 2 heterocycles. The number of rotatable bonds is 3. The summed E-state index contributed by atoms with van der Waals surface area (Å²) in [5, 5.41) is 18.0. The first-order valence-electron chi connectivity index (χ1n) is 5.82. The summed E-state index contributed by atoms with van der Waals surface area (Å²) in [4.78, 5) is 26.7. The van der Waals surface area contributed by atoms with E-state index < -0.39 is 28.3 Å². The van der Waals surface area contributed by atoms with Crippen LogP contribution in [0, 0.1) is 15.9 Å². The molecular formula is C12H5BrFN3O5. The summed E-state index contributed by atoms with van der Waals surface area (Å²) in [7, 11) is 0. The third-order valence-electron chi connectivity index (χ3n) is 3.01. The van der Waals surface area contributed by atoms with Crippen molar-refractivity contribution >= 4 is 33.3 Å². The van der Waals surface area contributed by atoms with Crippen LogP contribution in [0.25, 0.3) is 0 Å². The summed E-state index contributed by atoms with van der Waals surface area (Å²) in [6.45, 7) is 0. The minimum absolute atomic E-state index is 0.0658. The molecule has 1 aliphatic rings. The maximum absolute atomic E-state index is 13.3. The molecule has 0 amide bonds. The molecule has 22 heavy (non-hydrogen) atoms. The number of carbonyl (C=O) groups excluding carboxylic acids is 1. The molecule has 0 saturated heterocycles. The number of aromatic nitrogens is 1. The first-order valence-corrected chi connectivity index (χ1v) is 6.61. The third-order valence-corrected chi connectivity index (χ3v) is 3.62. The molecule has 0 fully saturated rings. The van der Waals surface area contributed by atoms with Crippen molar-refractivity contribution in [3.63, 3.8) is 0 Å². The second kappa shape index (κ2) is 5.30. The summed E-state index contributed by atoms with van der Waals surface area (Å²) in [5.41, 5.74) is -0.361. The van der Waals surface area contributed by atoms with Gasteiger partial charge in [0.25, 0.3) is 0 Å². The fraction of sp³-hybridized carbons (Fsp3) is 0.0833. The standard InChI is InChI=1S/C12H5BrFN3O5/c13-6-3-5(1-2-7(6)14)9-11(16-22-12(9)18)10-8(17(19)20)4-21-15-10/h1-4,9H. The fourth-order valence-electron chi connectivity index (χ4n) is 2.02. The highest BCUT2D eigenvalue weighted by Gasteiger charge is 2.40. The summed E-state index contributed by atoms with van der Waals surface area (Å²) in [6, 6.07) is 3.88. The van der Waals surface area contributed by atoms with Crippen molar-refractivity contribution in [1.29, 1.82) is 0 Å². The molecule has 1 atom stereocenters. The monoisotopic (exact) mass is 369 g/mol. The number of nitro groups is 1. The van der Waals surface area contributed by atoms with Gasteiger partial charge in [0.2, 0.25) is 12.0 Å². The van der Waals surface area contributed by atoms with Crippen molar-refractivity contribution in [3.8, 4) is 0 Å². The number of oxime groups is 1. The van der Waals surface area contributed by atoms with E-state index in [1.807, 2.05) is 0 Å². The first kappa shape index (κ1) is 14.3. The number of carbonyl (C=O) groups is 1. The van der Waals surface area contributed by atoms with Crippen molar-refractivity contribution in [2.45, 2.75) is 5.92 Å². The summed E-state index contributed by atoms with van der Waals surface area (Å²) in [5.74, 6) is -2.31.